The molecule has 0 aromatic carbocycles. The Morgan fingerprint density at radius 1 is 1.31 bits per heavy atom. The normalized spacial score (nSPS) is 22.7. The summed E-state index contributed by atoms with van der Waals surface area (Å²) >= 11 is 0. The maximum absolute atomic E-state index is 12.2. The second-order valence-electron chi connectivity index (χ2n) is 4.48. The van der Waals surface area contributed by atoms with Crippen LogP contribution in [0.15, 0.2) is 0 Å². The summed E-state index contributed by atoms with van der Waals surface area (Å²) in [4.78, 5) is 25.9. The molecule has 0 atom stereocenters. The Bertz CT molecular complexity index is 294. The molecule has 2 aliphatic rings. The van der Waals surface area contributed by atoms with Crippen molar-refractivity contribution in [2.24, 2.45) is 5.41 Å². The molecule has 0 aromatic heterocycles. The summed E-state index contributed by atoms with van der Waals surface area (Å²) < 4.78 is 0. The molecule has 16 heavy (non-hydrogen) atoms. The van der Waals surface area contributed by atoms with Crippen molar-refractivity contribution >= 4 is 11.8 Å². The third kappa shape index (κ3) is 1.91. The minimum absolute atomic E-state index is 0.0277. The average Bonchev–Trinajstić information content (AvgIpc) is 3.11. The summed E-state index contributed by atoms with van der Waals surface area (Å²) in [5.74, 6) is -0.0570. The number of nitrogens with zero attached hydrogens (tertiary/aromatic N) is 1. The third-order valence-electron chi connectivity index (χ3n) is 3.34. The molecule has 0 spiro atoms. The van der Waals surface area contributed by atoms with Crippen LogP contribution in [0, 0.1) is 5.41 Å². The fourth-order valence-electron chi connectivity index (χ4n) is 2.16. The number of rotatable bonds is 3. The second kappa shape index (κ2) is 4.41. The number of nitrogens with one attached hydrogen (secondary N) is 2. The number of carbonyl (C=O) groups excluding carboxylic acids is 2. The maximum Gasteiger partial charge on any atom is 0.238 e. The number of hydrogen-bond donors (Lipinski definition) is 2. The van der Waals surface area contributed by atoms with Crippen LogP contribution in [0.25, 0.3) is 0 Å². The van der Waals surface area contributed by atoms with Gasteiger partial charge in [0.15, 0.2) is 0 Å². The van der Waals surface area contributed by atoms with Gasteiger partial charge in [0.05, 0.1) is 0 Å². The highest BCUT2D eigenvalue weighted by Gasteiger charge is 2.57. The van der Waals surface area contributed by atoms with Gasteiger partial charge in [0.25, 0.3) is 0 Å². The molecule has 1 heterocycles. The first-order valence-electron chi connectivity index (χ1n) is 5.99. The van der Waals surface area contributed by atoms with E-state index in [1.54, 1.807) is 0 Å². The molecule has 2 N–H and O–H groups in total. The van der Waals surface area contributed by atoms with E-state index in [2.05, 4.69) is 10.6 Å². The second-order valence-corrected chi connectivity index (χ2v) is 4.48. The highest BCUT2D eigenvalue weighted by molar-refractivity contribution is 6.07. The lowest BCUT2D eigenvalue weighted by molar-refractivity contribution is -0.144. The minimum atomic E-state index is -0.715. The monoisotopic (exact) mass is 225 g/mol. The van der Waals surface area contributed by atoms with Crippen LogP contribution in [0.1, 0.15) is 19.8 Å². The molecule has 2 amide bonds. The van der Waals surface area contributed by atoms with Crippen LogP contribution in [0.5, 0.6) is 0 Å². The summed E-state index contributed by atoms with van der Waals surface area (Å²) in [7, 11) is 0. The zero-order valence-electron chi connectivity index (χ0n) is 9.71. The summed E-state index contributed by atoms with van der Waals surface area (Å²) in [6.45, 7) is 5.58. The molecule has 0 unspecified atom stereocenters. The van der Waals surface area contributed by atoms with Crippen LogP contribution in [0.2, 0.25) is 0 Å². The molecule has 90 valence electrons. The Labute approximate surface area is 95.6 Å². The van der Waals surface area contributed by atoms with E-state index in [9.17, 15) is 9.59 Å². The molecule has 0 aromatic rings. The van der Waals surface area contributed by atoms with Gasteiger partial charge in [-0.05, 0) is 19.8 Å². The molecule has 1 saturated carbocycles. The van der Waals surface area contributed by atoms with Crippen molar-refractivity contribution in [3.05, 3.63) is 0 Å². The first-order chi connectivity index (χ1) is 7.70. The van der Waals surface area contributed by atoms with E-state index < -0.39 is 5.41 Å². The molecular weight excluding hydrogens is 206 g/mol. The van der Waals surface area contributed by atoms with Crippen molar-refractivity contribution in [2.45, 2.75) is 19.8 Å². The van der Waals surface area contributed by atoms with E-state index in [1.165, 1.54) is 0 Å². The SMILES string of the molecule is CCNC(=O)C1(C(=O)N2CCNCC2)CC1. The zero-order chi connectivity index (χ0) is 11.6. The lowest BCUT2D eigenvalue weighted by Gasteiger charge is -2.30. The fraction of sp³-hybridized carbons (Fsp3) is 0.818. The standard InChI is InChI=1S/C11H19N3O2/c1-2-13-9(15)11(3-4-11)10(16)14-7-5-12-6-8-14/h12H,2-8H2,1H3,(H,13,15). The number of carbonyl (C=O) groups is 2. The van der Waals surface area contributed by atoms with Crippen LogP contribution >= 0.6 is 0 Å². The molecule has 1 aliphatic carbocycles. The minimum Gasteiger partial charge on any atom is -0.355 e. The molecule has 5 heteroatoms. The highest BCUT2D eigenvalue weighted by atomic mass is 16.2. The molecule has 5 nitrogen and oxygen atoms in total. The van der Waals surface area contributed by atoms with Crippen molar-refractivity contribution < 1.29 is 9.59 Å². The van der Waals surface area contributed by atoms with Gasteiger partial charge in [-0.25, -0.2) is 0 Å². The summed E-state index contributed by atoms with van der Waals surface area (Å²) in [6.07, 6.45) is 1.42. The van der Waals surface area contributed by atoms with Gasteiger partial charge in [0.2, 0.25) is 11.8 Å². The first kappa shape index (κ1) is 11.4. The fourth-order valence-corrected chi connectivity index (χ4v) is 2.16. The van der Waals surface area contributed by atoms with Crippen molar-refractivity contribution in [2.75, 3.05) is 32.7 Å². The van der Waals surface area contributed by atoms with Crippen molar-refractivity contribution in [1.29, 1.82) is 0 Å². The lowest BCUT2D eigenvalue weighted by Crippen LogP contribution is -2.52. The van der Waals surface area contributed by atoms with Gasteiger partial charge in [-0.15, -0.1) is 0 Å². The molecule has 2 rings (SSSR count). The predicted molar refractivity (Wildman–Crippen MR) is 59.8 cm³/mol. The van der Waals surface area contributed by atoms with Crippen LogP contribution in [-0.4, -0.2) is 49.4 Å². The molecule has 1 saturated heterocycles. The van der Waals surface area contributed by atoms with Crippen molar-refractivity contribution in [3.63, 3.8) is 0 Å². The van der Waals surface area contributed by atoms with Gasteiger partial charge in [0, 0.05) is 32.7 Å². The first-order valence-corrected chi connectivity index (χ1v) is 5.99. The molecule has 0 radical (unpaired) electrons. The average molecular weight is 225 g/mol. The van der Waals surface area contributed by atoms with Gasteiger partial charge in [0.1, 0.15) is 5.41 Å². The van der Waals surface area contributed by atoms with E-state index in [4.69, 9.17) is 0 Å². The Hall–Kier alpha value is -1.10. The van der Waals surface area contributed by atoms with E-state index in [0.29, 0.717) is 19.4 Å². The quantitative estimate of drug-likeness (QED) is 0.627. The van der Waals surface area contributed by atoms with E-state index >= 15 is 0 Å². The van der Waals surface area contributed by atoms with E-state index in [1.807, 2.05) is 11.8 Å². The molecular formula is C11H19N3O2. The van der Waals surface area contributed by atoms with E-state index in [-0.39, 0.29) is 11.8 Å². The Balaban J connectivity index is 2.00. The smallest absolute Gasteiger partial charge is 0.238 e. The molecule has 1 aliphatic heterocycles. The number of piperazine rings is 1. The zero-order valence-corrected chi connectivity index (χ0v) is 9.71. The third-order valence-corrected chi connectivity index (χ3v) is 3.34. The maximum atomic E-state index is 12.2. The van der Waals surface area contributed by atoms with Gasteiger partial charge in [-0.1, -0.05) is 0 Å². The van der Waals surface area contributed by atoms with Gasteiger partial charge in [-0.3, -0.25) is 9.59 Å². The molecule has 0 bridgehead atoms. The van der Waals surface area contributed by atoms with Gasteiger partial charge < -0.3 is 15.5 Å². The summed E-state index contributed by atoms with van der Waals surface area (Å²) in [5.41, 5.74) is -0.715. The predicted octanol–water partition coefficient (Wildman–Crippen LogP) is -0.665. The highest BCUT2D eigenvalue weighted by Crippen LogP contribution is 2.47. The van der Waals surface area contributed by atoms with Crippen molar-refractivity contribution in [1.82, 2.24) is 15.5 Å². The van der Waals surface area contributed by atoms with Gasteiger partial charge in [-0.2, -0.15) is 0 Å². The van der Waals surface area contributed by atoms with Crippen LogP contribution in [0.4, 0.5) is 0 Å². The van der Waals surface area contributed by atoms with Gasteiger partial charge >= 0.3 is 0 Å². The van der Waals surface area contributed by atoms with Crippen LogP contribution in [0.3, 0.4) is 0 Å². The van der Waals surface area contributed by atoms with Crippen LogP contribution < -0.4 is 10.6 Å². The number of amides is 2. The summed E-state index contributed by atoms with van der Waals surface area (Å²) in [6, 6.07) is 0. The molecule has 2 fully saturated rings. The largest absolute Gasteiger partial charge is 0.355 e. The lowest BCUT2D eigenvalue weighted by atomic mass is 10.0. The number of hydrogen-bond acceptors (Lipinski definition) is 3. The topological polar surface area (TPSA) is 61.4 Å². The van der Waals surface area contributed by atoms with Crippen molar-refractivity contribution in [3.8, 4) is 0 Å². The van der Waals surface area contributed by atoms with E-state index in [0.717, 1.165) is 26.2 Å². The Morgan fingerprint density at radius 2 is 1.94 bits per heavy atom. The Morgan fingerprint density at radius 3 is 2.44 bits per heavy atom. The Kier molecular flexibility index (Phi) is 3.14. The van der Waals surface area contributed by atoms with Crippen LogP contribution in [-0.2, 0) is 9.59 Å². The summed E-state index contributed by atoms with van der Waals surface area (Å²) in [5, 5.41) is 5.97.